The molecule has 0 radical (unpaired) electrons. The normalized spacial score (nSPS) is 10.4. The number of nitrogens with zero attached hydrogens (tertiary/aromatic N) is 2. The number of imidazole rings is 1. The van der Waals surface area contributed by atoms with Gasteiger partial charge in [-0.1, -0.05) is 12.1 Å². The van der Waals surface area contributed by atoms with Crippen molar-refractivity contribution >= 4 is 22.6 Å². The zero-order valence-electron chi connectivity index (χ0n) is 9.06. The van der Waals surface area contributed by atoms with Crippen LogP contribution in [0.2, 0.25) is 0 Å². The van der Waals surface area contributed by atoms with Gasteiger partial charge in [0, 0.05) is 25.9 Å². The van der Waals surface area contributed by atoms with E-state index in [0.29, 0.717) is 6.61 Å². The molecule has 0 amide bonds. The van der Waals surface area contributed by atoms with Gasteiger partial charge in [0.1, 0.15) is 11.6 Å². The quantitative estimate of drug-likeness (QED) is 0.807. The third-order valence-corrected chi connectivity index (χ3v) is 3.23. The Hall–Kier alpha value is -1.04. The number of hydrogen-bond donors (Lipinski definition) is 0. The highest BCUT2D eigenvalue weighted by molar-refractivity contribution is 14.1. The monoisotopic (exact) mass is 328 g/mol. The molecule has 0 aliphatic rings. The van der Waals surface area contributed by atoms with Crippen molar-refractivity contribution < 1.29 is 4.74 Å². The number of benzene rings is 1. The lowest BCUT2D eigenvalue weighted by Crippen LogP contribution is -2.06. The molecule has 2 aromatic rings. The van der Waals surface area contributed by atoms with Gasteiger partial charge in [0.05, 0.1) is 10.2 Å². The maximum absolute atomic E-state index is 5.70. The predicted molar refractivity (Wildman–Crippen MR) is 71.6 cm³/mol. The second-order valence-corrected chi connectivity index (χ2v) is 4.65. The first-order valence-electron chi connectivity index (χ1n) is 5.11. The number of aryl methyl sites for hydroxylation is 1. The molecule has 0 spiro atoms. The zero-order chi connectivity index (χ0) is 11.4. The Morgan fingerprint density at radius 1 is 1.38 bits per heavy atom. The molecule has 1 aromatic carbocycles. The summed E-state index contributed by atoms with van der Waals surface area (Å²) >= 11 is 2.27. The van der Waals surface area contributed by atoms with E-state index in [0.717, 1.165) is 21.6 Å². The molecule has 0 unspecified atom stereocenters. The van der Waals surface area contributed by atoms with Crippen molar-refractivity contribution in [1.82, 2.24) is 9.55 Å². The Morgan fingerprint density at radius 3 is 2.88 bits per heavy atom. The molecule has 0 N–H and O–H groups in total. The fourth-order valence-electron chi connectivity index (χ4n) is 1.45. The largest absolute Gasteiger partial charge is 0.492 e. The molecule has 16 heavy (non-hydrogen) atoms. The molecule has 0 atom stereocenters. The Morgan fingerprint density at radius 2 is 2.19 bits per heavy atom. The van der Waals surface area contributed by atoms with E-state index in [9.17, 15) is 0 Å². The Balaban J connectivity index is 1.89. The van der Waals surface area contributed by atoms with Crippen molar-refractivity contribution in [3.63, 3.8) is 0 Å². The average Bonchev–Trinajstić information content (AvgIpc) is 2.67. The van der Waals surface area contributed by atoms with Crippen molar-refractivity contribution in [3.05, 3.63) is 46.1 Å². The number of hydrogen-bond acceptors (Lipinski definition) is 2. The summed E-state index contributed by atoms with van der Waals surface area (Å²) in [4.78, 5) is 4.25. The number of rotatable bonds is 4. The van der Waals surface area contributed by atoms with Crippen molar-refractivity contribution in [2.24, 2.45) is 7.05 Å². The van der Waals surface area contributed by atoms with Crippen LogP contribution in [0.3, 0.4) is 0 Å². The summed E-state index contributed by atoms with van der Waals surface area (Å²) in [5.41, 5.74) is 0. The molecule has 0 saturated carbocycles. The second kappa shape index (κ2) is 5.34. The second-order valence-electron chi connectivity index (χ2n) is 3.48. The summed E-state index contributed by atoms with van der Waals surface area (Å²) in [6.45, 7) is 0.658. The highest BCUT2D eigenvalue weighted by Gasteiger charge is 2.01. The molecule has 0 aliphatic carbocycles. The minimum Gasteiger partial charge on any atom is -0.492 e. The van der Waals surface area contributed by atoms with Crippen LogP contribution in [-0.4, -0.2) is 16.2 Å². The molecule has 84 valence electrons. The van der Waals surface area contributed by atoms with Crippen LogP contribution in [0.5, 0.6) is 5.75 Å². The summed E-state index contributed by atoms with van der Waals surface area (Å²) in [5.74, 6) is 1.99. The summed E-state index contributed by atoms with van der Waals surface area (Å²) in [6.07, 6.45) is 4.58. The number of ether oxygens (including phenoxy) is 1. The fraction of sp³-hybridized carbons (Fsp3) is 0.250. The molecule has 0 aliphatic heterocycles. The van der Waals surface area contributed by atoms with E-state index in [4.69, 9.17) is 4.74 Å². The van der Waals surface area contributed by atoms with E-state index in [1.165, 1.54) is 0 Å². The summed E-state index contributed by atoms with van der Waals surface area (Å²) in [7, 11) is 1.99. The van der Waals surface area contributed by atoms with Gasteiger partial charge in [0.15, 0.2) is 0 Å². The molecule has 0 saturated heterocycles. The van der Waals surface area contributed by atoms with Crippen LogP contribution in [0.4, 0.5) is 0 Å². The van der Waals surface area contributed by atoms with E-state index < -0.39 is 0 Å². The van der Waals surface area contributed by atoms with Crippen molar-refractivity contribution in [2.45, 2.75) is 6.42 Å². The van der Waals surface area contributed by atoms with Crippen LogP contribution in [-0.2, 0) is 13.5 Å². The fourth-order valence-corrected chi connectivity index (χ4v) is 1.99. The third-order valence-electron chi connectivity index (χ3n) is 2.34. The SMILES string of the molecule is Cn1ccnc1CCOc1ccccc1I. The van der Waals surface area contributed by atoms with Gasteiger partial charge in [0.25, 0.3) is 0 Å². The van der Waals surface area contributed by atoms with Gasteiger partial charge >= 0.3 is 0 Å². The van der Waals surface area contributed by atoms with E-state index in [1.807, 2.05) is 48.3 Å². The summed E-state index contributed by atoms with van der Waals surface area (Å²) < 4.78 is 8.86. The van der Waals surface area contributed by atoms with E-state index in [2.05, 4.69) is 27.6 Å². The Kier molecular flexibility index (Phi) is 3.82. The minimum absolute atomic E-state index is 0.658. The van der Waals surface area contributed by atoms with Gasteiger partial charge in [-0.2, -0.15) is 0 Å². The topological polar surface area (TPSA) is 27.1 Å². The summed E-state index contributed by atoms with van der Waals surface area (Å²) in [5, 5.41) is 0. The van der Waals surface area contributed by atoms with Crippen LogP contribution in [0, 0.1) is 3.57 Å². The molecule has 2 rings (SSSR count). The van der Waals surface area contributed by atoms with Crippen LogP contribution in [0.1, 0.15) is 5.82 Å². The van der Waals surface area contributed by atoms with E-state index in [-0.39, 0.29) is 0 Å². The average molecular weight is 328 g/mol. The maximum atomic E-state index is 5.70. The lowest BCUT2D eigenvalue weighted by Gasteiger charge is -2.07. The Labute approximate surface area is 109 Å². The minimum atomic E-state index is 0.658. The first-order chi connectivity index (χ1) is 7.77. The van der Waals surface area contributed by atoms with Gasteiger partial charge < -0.3 is 9.30 Å². The first kappa shape index (κ1) is 11.4. The van der Waals surface area contributed by atoms with Crippen molar-refractivity contribution in [2.75, 3.05) is 6.61 Å². The molecule has 3 nitrogen and oxygen atoms in total. The van der Waals surface area contributed by atoms with Gasteiger partial charge in [-0.05, 0) is 34.7 Å². The molecular weight excluding hydrogens is 315 g/mol. The maximum Gasteiger partial charge on any atom is 0.132 e. The standard InChI is InChI=1S/C12H13IN2O/c1-15-8-7-14-12(15)6-9-16-11-5-3-2-4-10(11)13/h2-5,7-8H,6,9H2,1H3. The molecule has 4 heteroatoms. The van der Waals surface area contributed by atoms with E-state index >= 15 is 0 Å². The first-order valence-corrected chi connectivity index (χ1v) is 6.19. The van der Waals surface area contributed by atoms with Crippen molar-refractivity contribution in [3.8, 4) is 5.75 Å². The highest BCUT2D eigenvalue weighted by atomic mass is 127. The van der Waals surface area contributed by atoms with Gasteiger partial charge in [-0.15, -0.1) is 0 Å². The number of halogens is 1. The summed E-state index contributed by atoms with van der Waals surface area (Å²) in [6, 6.07) is 8.02. The van der Waals surface area contributed by atoms with Crippen LogP contribution >= 0.6 is 22.6 Å². The molecule has 0 bridgehead atoms. The van der Waals surface area contributed by atoms with Gasteiger partial charge in [-0.25, -0.2) is 4.98 Å². The predicted octanol–water partition coefficient (Wildman–Crippen LogP) is 2.65. The smallest absolute Gasteiger partial charge is 0.132 e. The number of aromatic nitrogens is 2. The third kappa shape index (κ3) is 2.75. The molecule has 1 aromatic heterocycles. The zero-order valence-corrected chi connectivity index (χ0v) is 11.2. The van der Waals surface area contributed by atoms with Crippen LogP contribution < -0.4 is 4.74 Å². The lowest BCUT2D eigenvalue weighted by atomic mass is 10.3. The van der Waals surface area contributed by atoms with Gasteiger partial charge in [-0.3, -0.25) is 0 Å². The number of para-hydroxylation sites is 1. The van der Waals surface area contributed by atoms with E-state index in [1.54, 1.807) is 0 Å². The molecule has 1 heterocycles. The highest BCUT2D eigenvalue weighted by Crippen LogP contribution is 2.19. The molecular formula is C12H13IN2O. The molecule has 0 fully saturated rings. The van der Waals surface area contributed by atoms with Crippen molar-refractivity contribution in [1.29, 1.82) is 0 Å². The van der Waals surface area contributed by atoms with Crippen LogP contribution in [0.15, 0.2) is 36.7 Å². The lowest BCUT2D eigenvalue weighted by molar-refractivity contribution is 0.315. The Bertz CT molecular complexity index is 468. The van der Waals surface area contributed by atoms with Crippen LogP contribution in [0.25, 0.3) is 0 Å². The van der Waals surface area contributed by atoms with Gasteiger partial charge in [0.2, 0.25) is 0 Å².